The molecule has 1 spiro atoms. The van der Waals surface area contributed by atoms with Gasteiger partial charge < -0.3 is 15.4 Å². The summed E-state index contributed by atoms with van der Waals surface area (Å²) >= 11 is 0. The number of carbonyl (C=O) groups is 1. The Bertz CT molecular complexity index is 440. The van der Waals surface area contributed by atoms with E-state index in [-0.39, 0.29) is 11.5 Å². The van der Waals surface area contributed by atoms with Gasteiger partial charge in [0.05, 0.1) is 6.54 Å². The molecule has 0 bridgehead atoms. The van der Waals surface area contributed by atoms with Crippen molar-refractivity contribution >= 4 is 5.97 Å². The number of hydrogen-bond acceptors (Lipinski definition) is 4. The van der Waals surface area contributed by atoms with Crippen molar-refractivity contribution in [1.29, 1.82) is 0 Å². The minimum atomic E-state index is -0.707. The second-order valence-corrected chi connectivity index (χ2v) is 5.75. The van der Waals surface area contributed by atoms with Crippen molar-refractivity contribution in [3.05, 3.63) is 18.2 Å². The number of carboxylic acids is 1. The molecule has 2 saturated heterocycles. The third-order valence-electron chi connectivity index (χ3n) is 4.46. The minimum absolute atomic E-state index is 0.181. The van der Waals surface area contributed by atoms with Gasteiger partial charge in [0.15, 0.2) is 0 Å². The lowest BCUT2D eigenvalue weighted by atomic mass is 9.77. The van der Waals surface area contributed by atoms with E-state index in [0.29, 0.717) is 6.54 Å². The van der Waals surface area contributed by atoms with Gasteiger partial charge in [0.2, 0.25) is 0 Å². The Morgan fingerprint density at radius 3 is 2.95 bits per heavy atom. The van der Waals surface area contributed by atoms with Gasteiger partial charge in [-0.15, -0.1) is 0 Å². The summed E-state index contributed by atoms with van der Waals surface area (Å²) in [6.45, 7) is 3.47. The number of H-pyrrole nitrogens is 1. The normalized spacial score (nSPS) is 26.8. The highest BCUT2D eigenvalue weighted by Gasteiger charge is 2.47. The Balaban J connectivity index is 1.75. The predicted molar refractivity (Wildman–Crippen MR) is 69.6 cm³/mol. The Morgan fingerprint density at radius 2 is 2.32 bits per heavy atom. The van der Waals surface area contributed by atoms with Gasteiger partial charge in [0, 0.05) is 18.9 Å². The molecule has 1 atom stereocenters. The number of nitrogens with one attached hydrogen (secondary N) is 2. The second kappa shape index (κ2) is 4.94. The van der Waals surface area contributed by atoms with Crippen LogP contribution in [-0.4, -0.2) is 51.6 Å². The predicted octanol–water partition coefficient (Wildman–Crippen LogP) is 0.438. The Morgan fingerprint density at radius 1 is 1.53 bits per heavy atom. The Kier molecular flexibility index (Phi) is 3.28. The molecule has 3 N–H and O–H groups in total. The molecule has 0 radical (unpaired) electrons. The van der Waals surface area contributed by atoms with Crippen molar-refractivity contribution in [2.75, 3.05) is 19.6 Å². The first-order valence-corrected chi connectivity index (χ1v) is 6.84. The van der Waals surface area contributed by atoms with Crippen LogP contribution in [0.4, 0.5) is 0 Å². The first kappa shape index (κ1) is 12.6. The summed E-state index contributed by atoms with van der Waals surface area (Å²) in [7, 11) is 0. The van der Waals surface area contributed by atoms with Crippen LogP contribution in [0.5, 0.6) is 0 Å². The third kappa shape index (κ3) is 2.50. The number of imidazole rings is 1. The molecule has 6 nitrogen and oxygen atoms in total. The summed E-state index contributed by atoms with van der Waals surface area (Å²) in [4.78, 5) is 20.8. The van der Waals surface area contributed by atoms with Gasteiger partial charge in [0.25, 0.3) is 0 Å². The van der Waals surface area contributed by atoms with Crippen LogP contribution in [0.25, 0.3) is 0 Å². The lowest BCUT2D eigenvalue weighted by Crippen LogP contribution is -2.38. The fourth-order valence-electron chi connectivity index (χ4n) is 3.45. The number of carboxylic acid groups (broad SMARTS) is 1. The molecule has 0 saturated carbocycles. The molecule has 1 aromatic rings. The molecule has 3 heterocycles. The lowest BCUT2D eigenvalue weighted by molar-refractivity contribution is -0.142. The number of piperidine rings is 1. The number of likely N-dealkylation sites (tertiary alicyclic amines) is 1. The standard InChI is InChI=1S/C13H20N4O2/c18-12(19)10-7-13(1-3-14-4-2-13)9-17(10)8-11-15-5-6-16-11/h5-6,10,14H,1-4,7-9H2,(H,15,16)(H,18,19)/t10-/m0/s1. The van der Waals surface area contributed by atoms with E-state index < -0.39 is 5.97 Å². The highest BCUT2D eigenvalue weighted by molar-refractivity contribution is 5.74. The maximum Gasteiger partial charge on any atom is 0.320 e. The van der Waals surface area contributed by atoms with Crippen molar-refractivity contribution < 1.29 is 9.90 Å². The van der Waals surface area contributed by atoms with Gasteiger partial charge in [-0.3, -0.25) is 9.69 Å². The van der Waals surface area contributed by atoms with E-state index in [4.69, 9.17) is 0 Å². The van der Waals surface area contributed by atoms with Crippen LogP contribution in [0.3, 0.4) is 0 Å². The monoisotopic (exact) mass is 264 g/mol. The number of aromatic amines is 1. The first-order valence-electron chi connectivity index (χ1n) is 6.84. The quantitative estimate of drug-likeness (QED) is 0.738. The molecule has 19 heavy (non-hydrogen) atoms. The van der Waals surface area contributed by atoms with Crippen molar-refractivity contribution in [2.24, 2.45) is 5.41 Å². The van der Waals surface area contributed by atoms with Gasteiger partial charge in [-0.1, -0.05) is 0 Å². The third-order valence-corrected chi connectivity index (χ3v) is 4.46. The van der Waals surface area contributed by atoms with Crippen LogP contribution < -0.4 is 5.32 Å². The van der Waals surface area contributed by atoms with Gasteiger partial charge in [0.1, 0.15) is 11.9 Å². The van der Waals surface area contributed by atoms with Crippen LogP contribution in [0, 0.1) is 5.41 Å². The average molecular weight is 264 g/mol. The van der Waals surface area contributed by atoms with Gasteiger partial charge in [-0.25, -0.2) is 4.98 Å². The molecular weight excluding hydrogens is 244 g/mol. The lowest BCUT2D eigenvalue weighted by Gasteiger charge is -2.33. The van der Waals surface area contributed by atoms with E-state index in [9.17, 15) is 9.90 Å². The molecular formula is C13H20N4O2. The molecule has 0 amide bonds. The molecule has 2 fully saturated rings. The van der Waals surface area contributed by atoms with Crippen LogP contribution in [-0.2, 0) is 11.3 Å². The maximum absolute atomic E-state index is 11.5. The Labute approximate surface area is 112 Å². The summed E-state index contributed by atoms with van der Waals surface area (Å²) in [5.74, 6) is 0.138. The van der Waals surface area contributed by atoms with E-state index >= 15 is 0 Å². The smallest absolute Gasteiger partial charge is 0.320 e. The summed E-state index contributed by atoms with van der Waals surface area (Å²) < 4.78 is 0. The van der Waals surface area contributed by atoms with Crippen LogP contribution in [0.15, 0.2) is 12.4 Å². The fourth-order valence-corrected chi connectivity index (χ4v) is 3.45. The van der Waals surface area contributed by atoms with E-state index in [1.165, 1.54) is 0 Å². The number of nitrogens with zero attached hydrogens (tertiary/aromatic N) is 2. The fraction of sp³-hybridized carbons (Fsp3) is 0.692. The van der Waals surface area contributed by atoms with Crippen molar-refractivity contribution in [3.63, 3.8) is 0 Å². The van der Waals surface area contributed by atoms with Gasteiger partial charge in [-0.05, 0) is 37.8 Å². The molecule has 6 heteroatoms. The zero-order valence-corrected chi connectivity index (χ0v) is 10.9. The summed E-state index contributed by atoms with van der Waals surface area (Å²) in [5, 5.41) is 12.8. The summed E-state index contributed by atoms with van der Waals surface area (Å²) in [6, 6.07) is -0.372. The van der Waals surface area contributed by atoms with Gasteiger partial charge in [-0.2, -0.15) is 0 Å². The number of aromatic nitrogens is 2. The van der Waals surface area contributed by atoms with Crippen LogP contribution in [0.2, 0.25) is 0 Å². The molecule has 0 aromatic carbocycles. The van der Waals surface area contributed by atoms with E-state index in [0.717, 1.165) is 44.7 Å². The van der Waals surface area contributed by atoms with E-state index in [2.05, 4.69) is 20.2 Å². The maximum atomic E-state index is 11.5. The number of rotatable bonds is 3. The second-order valence-electron chi connectivity index (χ2n) is 5.75. The number of aliphatic carboxylic acids is 1. The molecule has 3 rings (SSSR count). The van der Waals surface area contributed by atoms with Crippen molar-refractivity contribution in [3.8, 4) is 0 Å². The zero-order valence-electron chi connectivity index (χ0n) is 10.9. The minimum Gasteiger partial charge on any atom is -0.480 e. The first-order chi connectivity index (χ1) is 9.19. The summed E-state index contributed by atoms with van der Waals surface area (Å²) in [6.07, 6.45) is 6.41. The molecule has 0 unspecified atom stereocenters. The van der Waals surface area contributed by atoms with Crippen molar-refractivity contribution in [1.82, 2.24) is 20.2 Å². The molecule has 1 aromatic heterocycles. The molecule has 2 aliphatic rings. The highest BCUT2D eigenvalue weighted by Crippen LogP contribution is 2.42. The Hall–Kier alpha value is -1.40. The molecule has 2 aliphatic heterocycles. The van der Waals surface area contributed by atoms with E-state index in [1.807, 2.05) is 0 Å². The van der Waals surface area contributed by atoms with Crippen molar-refractivity contribution in [2.45, 2.75) is 31.8 Å². The van der Waals surface area contributed by atoms with Crippen LogP contribution >= 0.6 is 0 Å². The topological polar surface area (TPSA) is 81.2 Å². The van der Waals surface area contributed by atoms with Crippen LogP contribution in [0.1, 0.15) is 25.1 Å². The summed E-state index contributed by atoms with van der Waals surface area (Å²) in [5.41, 5.74) is 0.181. The molecule has 0 aliphatic carbocycles. The largest absolute Gasteiger partial charge is 0.480 e. The SMILES string of the molecule is O=C(O)[C@@H]1CC2(CCNCC2)CN1Cc1ncc[nH]1. The van der Waals surface area contributed by atoms with Gasteiger partial charge >= 0.3 is 5.97 Å². The highest BCUT2D eigenvalue weighted by atomic mass is 16.4. The molecule has 104 valence electrons. The number of hydrogen-bond donors (Lipinski definition) is 3. The van der Waals surface area contributed by atoms with E-state index in [1.54, 1.807) is 12.4 Å². The zero-order chi connectivity index (χ0) is 13.3. The average Bonchev–Trinajstić information content (AvgIpc) is 3.00.